The SMILES string of the molecule is NC(=O)[C@H](Cc1c[nH]cn1)n1ccc2c(NC(=O)CC34CC5CC(CC(C5)C3)C4)cccc2c1=O. The smallest absolute Gasteiger partial charge is 0.259 e. The minimum absolute atomic E-state index is 0.0252. The number of hydrogen-bond donors (Lipinski definition) is 3. The Bertz CT molecular complexity index is 1310. The molecule has 8 nitrogen and oxygen atoms in total. The Balaban J connectivity index is 1.25. The molecular formula is C27H31N5O3. The van der Waals surface area contributed by atoms with E-state index in [4.69, 9.17) is 5.73 Å². The fraction of sp³-hybridized carbons (Fsp3) is 0.481. The molecule has 4 aliphatic rings. The predicted molar refractivity (Wildman–Crippen MR) is 133 cm³/mol. The van der Waals surface area contributed by atoms with Gasteiger partial charge in [0.05, 0.1) is 12.0 Å². The standard InChI is InChI=1S/C27H31N5O3/c28-25(34)23(9-19-14-29-15-30-19)32-5-4-20-21(26(32)35)2-1-3-22(20)31-24(33)13-27-10-16-6-17(11-27)8-18(7-16)12-27/h1-5,14-18,23H,6-13H2,(H2,28,34)(H,29,30)(H,31,33)/t16?,17?,18?,23-,27?/m0/s1. The van der Waals surface area contributed by atoms with Gasteiger partial charge in [-0.15, -0.1) is 0 Å². The Morgan fingerprint density at radius 1 is 1.11 bits per heavy atom. The fourth-order valence-corrected chi connectivity index (χ4v) is 7.63. The highest BCUT2D eigenvalue weighted by atomic mass is 16.2. The quantitative estimate of drug-likeness (QED) is 0.486. The van der Waals surface area contributed by atoms with Gasteiger partial charge in [0.15, 0.2) is 0 Å². The number of H-pyrrole nitrogens is 1. The van der Waals surface area contributed by atoms with Gasteiger partial charge in [0.1, 0.15) is 6.04 Å². The number of benzene rings is 1. The average molecular weight is 474 g/mol. The molecule has 1 aromatic carbocycles. The number of hydrogen-bond acceptors (Lipinski definition) is 4. The zero-order valence-electron chi connectivity index (χ0n) is 19.7. The second-order valence-electron chi connectivity index (χ2n) is 11.1. The van der Waals surface area contributed by atoms with Crippen LogP contribution in [0.15, 0.2) is 47.8 Å². The summed E-state index contributed by atoms with van der Waals surface area (Å²) in [6, 6.07) is 6.23. The minimum Gasteiger partial charge on any atom is -0.368 e. The van der Waals surface area contributed by atoms with E-state index in [1.54, 1.807) is 30.6 Å². The van der Waals surface area contributed by atoms with Crippen molar-refractivity contribution in [3.05, 3.63) is 59.0 Å². The van der Waals surface area contributed by atoms with E-state index in [1.165, 1.54) is 49.4 Å². The van der Waals surface area contributed by atoms with Gasteiger partial charge < -0.3 is 20.6 Å². The normalized spacial score (nSPS) is 27.7. The maximum atomic E-state index is 13.4. The lowest BCUT2D eigenvalue weighted by atomic mass is 9.49. The van der Waals surface area contributed by atoms with E-state index >= 15 is 0 Å². The van der Waals surface area contributed by atoms with Crippen LogP contribution in [-0.2, 0) is 16.0 Å². The minimum atomic E-state index is -0.857. The van der Waals surface area contributed by atoms with Gasteiger partial charge in [-0.2, -0.15) is 0 Å². The van der Waals surface area contributed by atoms with Crippen molar-refractivity contribution >= 4 is 28.3 Å². The summed E-state index contributed by atoms with van der Waals surface area (Å²) in [5.74, 6) is 1.81. The molecule has 4 N–H and O–H groups in total. The molecule has 35 heavy (non-hydrogen) atoms. The third-order valence-corrected chi connectivity index (χ3v) is 8.57. The summed E-state index contributed by atoms with van der Waals surface area (Å²) in [5, 5.41) is 4.20. The molecule has 2 heterocycles. The first kappa shape index (κ1) is 22.1. The van der Waals surface area contributed by atoms with E-state index in [-0.39, 0.29) is 23.3 Å². The largest absolute Gasteiger partial charge is 0.368 e. The number of imidazole rings is 1. The number of rotatable bonds is 7. The van der Waals surface area contributed by atoms with Crippen molar-refractivity contribution in [2.45, 2.75) is 57.4 Å². The molecule has 182 valence electrons. The summed E-state index contributed by atoms with van der Waals surface area (Å²) >= 11 is 0. The van der Waals surface area contributed by atoms with Crippen LogP contribution in [0, 0.1) is 23.2 Å². The molecule has 0 radical (unpaired) electrons. The van der Waals surface area contributed by atoms with Crippen molar-refractivity contribution in [3.8, 4) is 0 Å². The van der Waals surface area contributed by atoms with Crippen LogP contribution in [0.1, 0.15) is 56.7 Å². The van der Waals surface area contributed by atoms with Crippen molar-refractivity contribution < 1.29 is 9.59 Å². The number of fused-ring (bicyclic) bond motifs is 1. The highest BCUT2D eigenvalue weighted by molar-refractivity contribution is 6.02. The van der Waals surface area contributed by atoms with E-state index in [0.29, 0.717) is 28.6 Å². The van der Waals surface area contributed by atoms with Crippen LogP contribution in [0.2, 0.25) is 0 Å². The van der Waals surface area contributed by atoms with Gasteiger partial charge in [0.2, 0.25) is 11.8 Å². The van der Waals surface area contributed by atoms with Gasteiger partial charge in [0, 0.05) is 41.7 Å². The number of nitrogens with two attached hydrogens (primary N) is 1. The summed E-state index contributed by atoms with van der Waals surface area (Å²) in [4.78, 5) is 45.8. The molecule has 4 bridgehead atoms. The molecule has 4 saturated carbocycles. The van der Waals surface area contributed by atoms with Crippen LogP contribution in [0.3, 0.4) is 0 Å². The van der Waals surface area contributed by atoms with Crippen molar-refractivity contribution in [2.24, 2.45) is 28.9 Å². The molecule has 2 amide bonds. The monoisotopic (exact) mass is 473 g/mol. The lowest BCUT2D eigenvalue weighted by molar-refractivity contribution is -0.124. The van der Waals surface area contributed by atoms with Crippen LogP contribution in [-0.4, -0.2) is 26.3 Å². The van der Waals surface area contributed by atoms with E-state index in [9.17, 15) is 14.4 Å². The number of carbonyl (C=O) groups excluding carboxylic acids is 2. The van der Waals surface area contributed by atoms with Crippen molar-refractivity contribution in [1.29, 1.82) is 0 Å². The van der Waals surface area contributed by atoms with Crippen LogP contribution in [0.4, 0.5) is 5.69 Å². The van der Waals surface area contributed by atoms with E-state index in [1.807, 2.05) is 6.07 Å². The van der Waals surface area contributed by atoms with Crippen molar-refractivity contribution in [1.82, 2.24) is 14.5 Å². The molecule has 1 atom stereocenters. The van der Waals surface area contributed by atoms with Gasteiger partial charge in [-0.25, -0.2) is 4.98 Å². The number of pyridine rings is 1. The molecule has 7 rings (SSSR count). The number of aromatic amines is 1. The van der Waals surface area contributed by atoms with Crippen LogP contribution < -0.4 is 16.6 Å². The Labute approximate surface area is 203 Å². The number of aromatic nitrogens is 3. The number of nitrogens with zero attached hydrogens (tertiary/aromatic N) is 2. The summed E-state index contributed by atoms with van der Waals surface area (Å²) in [5.41, 5.74) is 6.75. The highest BCUT2D eigenvalue weighted by Crippen LogP contribution is 2.61. The molecule has 0 spiro atoms. The number of anilines is 1. The molecule has 0 unspecified atom stereocenters. The molecular weight excluding hydrogens is 442 g/mol. The topological polar surface area (TPSA) is 123 Å². The molecule has 4 fully saturated rings. The second-order valence-corrected chi connectivity index (χ2v) is 11.1. The Morgan fingerprint density at radius 2 is 1.83 bits per heavy atom. The summed E-state index contributed by atoms with van der Waals surface area (Å²) in [6.07, 6.45) is 13.1. The van der Waals surface area contributed by atoms with Gasteiger partial charge in [-0.05, 0) is 79.9 Å². The van der Waals surface area contributed by atoms with Gasteiger partial charge in [-0.3, -0.25) is 14.4 Å². The van der Waals surface area contributed by atoms with E-state index < -0.39 is 11.9 Å². The highest BCUT2D eigenvalue weighted by Gasteiger charge is 2.51. The molecule has 0 saturated heterocycles. The summed E-state index contributed by atoms with van der Waals surface area (Å²) < 4.78 is 1.36. The van der Waals surface area contributed by atoms with Crippen LogP contribution >= 0.6 is 0 Å². The summed E-state index contributed by atoms with van der Waals surface area (Å²) in [7, 11) is 0. The lowest BCUT2D eigenvalue weighted by Crippen LogP contribution is -2.47. The Hall–Kier alpha value is -3.42. The van der Waals surface area contributed by atoms with Gasteiger partial charge in [0.25, 0.3) is 5.56 Å². The average Bonchev–Trinajstić information content (AvgIpc) is 3.30. The lowest BCUT2D eigenvalue weighted by Gasteiger charge is -2.56. The zero-order valence-corrected chi connectivity index (χ0v) is 19.7. The number of nitrogens with one attached hydrogen (secondary N) is 2. The molecule has 0 aliphatic heterocycles. The van der Waals surface area contributed by atoms with Crippen LogP contribution in [0.5, 0.6) is 0 Å². The van der Waals surface area contributed by atoms with E-state index in [0.717, 1.165) is 17.8 Å². The first-order valence-electron chi connectivity index (χ1n) is 12.6. The third-order valence-electron chi connectivity index (χ3n) is 8.57. The first-order valence-corrected chi connectivity index (χ1v) is 12.6. The molecule has 8 heteroatoms. The maximum absolute atomic E-state index is 13.4. The molecule has 2 aromatic heterocycles. The number of amides is 2. The Morgan fingerprint density at radius 3 is 2.46 bits per heavy atom. The zero-order chi connectivity index (χ0) is 24.2. The first-order chi connectivity index (χ1) is 16.9. The van der Waals surface area contributed by atoms with Crippen LogP contribution in [0.25, 0.3) is 10.8 Å². The van der Waals surface area contributed by atoms with Gasteiger partial charge >= 0.3 is 0 Å². The maximum Gasteiger partial charge on any atom is 0.259 e. The van der Waals surface area contributed by atoms with Crippen molar-refractivity contribution in [3.63, 3.8) is 0 Å². The third kappa shape index (κ3) is 4.05. The van der Waals surface area contributed by atoms with E-state index in [2.05, 4.69) is 15.3 Å². The predicted octanol–water partition coefficient (Wildman–Crippen LogP) is 3.54. The fourth-order valence-electron chi connectivity index (χ4n) is 7.63. The number of primary amides is 1. The van der Waals surface area contributed by atoms with Crippen molar-refractivity contribution in [2.75, 3.05) is 5.32 Å². The Kier molecular flexibility index (Phi) is 5.27. The molecule has 3 aromatic rings. The molecule has 4 aliphatic carbocycles. The van der Waals surface area contributed by atoms with Gasteiger partial charge in [-0.1, -0.05) is 6.07 Å². The second kappa shape index (κ2) is 8.36. The number of carbonyl (C=O) groups is 2. The summed E-state index contributed by atoms with van der Waals surface area (Å²) in [6.45, 7) is 0.